The Morgan fingerprint density at radius 3 is 2.81 bits per heavy atom. The van der Waals surface area contributed by atoms with Crippen molar-refractivity contribution in [3.05, 3.63) is 62.0 Å². The number of fused-ring (bicyclic) bond motifs is 1. The van der Waals surface area contributed by atoms with Crippen molar-refractivity contribution in [2.45, 2.75) is 40.0 Å². The van der Waals surface area contributed by atoms with E-state index in [1.165, 1.54) is 11.6 Å². The number of hydrogen-bond acceptors (Lipinski definition) is 4. The quantitative estimate of drug-likeness (QED) is 0.757. The Morgan fingerprint density at radius 1 is 1.26 bits per heavy atom. The lowest BCUT2D eigenvalue weighted by molar-refractivity contribution is 0.0910. The number of rotatable bonds is 4. The second-order valence-electron chi connectivity index (χ2n) is 9.59. The minimum absolute atomic E-state index is 0.00680. The molecule has 1 atom stereocenters. The first-order valence-corrected chi connectivity index (χ1v) is 11.1. The van der Waals surface area contributed by atoms with Gasteiger partial charge in [-0.1, -0.05) is 31.5 Å². The molecule has 1 amide bonds. The molecule has 6 nitrogen and oxygen atoms in total. The Hall–Kier alpha value is -2.60. The highest BCUT2D eigenvalue weighted by Gasteiger charge is 2.33. The van der Waals surface area contributed by atoms with Crippen LogP contribution in [-0.4, -0.2) is 36.3 Å². The minimum Gasteiger partial charge on any atom is -0.371 e. The van der Waals surface area contributed by atoms with Gasteiger partial charge in [0.05, 0.1) is 0 Å². The molecule has 1 aliphatic heterocycles. The summed E-state index contributed by atoms with van der Waals surface area (Å²) in [7, 11) is 0. The van der Waals surface area contributed by atoms with Crippen LogP contribution in [0.5, 0.6) is 0 Å². The van der Waals surface area contributed by atoms with Crippen molar-refractivity contribution in [2.24, 2.45) is 11.3 Å². The van der Waals surface area contributed by atoms with E-state index in [1.54, 1.807) is 0 Å². The summed E-state index contributed by atoms with van der Waals surface area (Å²) in [6.07, 6.45) is 1.97. The summed E-state index contributed by atoms with van der Waals surface area (Å²) < 4.78 is 0. The number of nitrogens with one attached hydrogen (secondary N) is 2. The standard InChI is InChI=1S/C24H28ClN3O3/c1-14-4-5-16(25)8-20(14)28-7-6-15(13-28)12-26-22(30)18-9-17-19(27-23(18)31)10-24(2,3)11-21(17)29/h4-5,8-9,15H,6-7,10-13H2,1-3H3,(H,26,30)(H,27,31). The molecular formula is C24H28ClN3O3. The second-order valence-corrected chi connectivity index (χ2v) is 10.0. The topological polar surface area (TPSA) is 82.3 Å². The zero-order chi connectivity index (χ0) is 22.3. The monoisotopic (exact) mass is 441 g/mol. The largest absolute Gasteiger partial charge is 0.371 e. The summed E-state index contributed by atoms with van der Waals surface area (Å²) in [6.45, 7) is 8.25. The number of anilines is 1. The molecule has 1 unspecified atom stereocenters. The Bertz CT molecular complexity index is 1110. The van der Waals surface area contributed by atoms with Gasteiger partial charge in [0.1, 0.15) is 5.56 Å². The molecule has 31 heavy (non-hydrogen) atoms. The summed E-state index contributed by atoms with van der Waals surface area (Å²) in [4.78, 5) is 42.8. The molecule has 2 aromatic rings. The zero-order valence-corrected chi connectivity index (χ0v) is 18.9. The molecule has 1 aromatic carbocycles. The fourth-order valence-electron chi connectivity index (χ4n) is 4.67. The molecular weight excluding hydrogens is 414 g/mol. The van der Waals surface area contributed by atoms with E-state index < -0.39 is 11.5 Å². The summed E-state index contributed by atoms with van der Waals surface area (Å²) in [6, 6.07) is 7.34. The van der Waals surface area contributed by atoms with Gasteiger partial charge >= 0.3 is 0 Å². The Kier molecular flexibility index (Phi) is 5.69. The maximum atomic E-state index is 12.7. The molecule has 0 saturated carbocycles. The third-order valence-electron chi connectivity index (χ3n) is 6.31. The van der Waals surface area contributed by atoms with Gasteiger partial charge in [0.2, 0.25) is 0 Å². The van der Waals surface area contributed by atoms with E-state index in [1.807, 2.05) is 32.0 Å². The number of ketones is 1. The van der Waals surface area contributed by atoms with Crippen molar-refractivity contribution in [3.8, 4) is 0 Å². The predicted molar refractivity (Wildman–Crippen MR) is 122 cm³/mol. The number of pyridine rings is 1. The van der Waals surface area contributed by atoms with Crippen molar-refractivity contribution >= 4 is 29.0 Å². The summed E-state index contributed by atoms with van der Waals surface area (Å²) >= 11 is 6.15. The molecule has 0 bridgehead atoms. The fourth-order valence-corrected chi connectivity index (χ4v) is 4.84. The number of carbonyl (C=O) groups is 2. The van der Waals surface area contributed by atoms with Gasteiger partial charge in [0.15, 0.2) is 5.78 Å². The van der Waals surface area contributed by atoms with E-state index in [-0.39, 0.29) is 22.7 Å². The average Bonchev–Trinajstić information content (AvgIpc) is 3.15. The van der Waals surface area contributed by atoms with E-state index in [0.29, 0.717) is 35.7 Å². The molecule has 0 radical (unpaired) electrons. The second kappa shape index (κ2) is 8.15. The first kappa shape index (κ1) is 21.6. The molecule has 164 valence electrons. The van der Waals surface area contributed by atoms with Gasteiger partial charge in [-0.3, -0.25) is 14.4 Å². The van der Waals surface area contributed by atoms with Gasteiger partial charge < -0.3 is 15.2 Å². The normalized spacial score (nSPS) is 19.9. The lowest BCUT2D eigenvalue weighted by Crippen LogP contribution is -2.36. The van der Waals surface area contributed by atoms with E-state index in [4.69, 9.17) is 11.6 Å². The average molecular weight is 442 g/mol. The van der Waals surface area contributed by atoms with Crippen LogP contribution in [0.3, 0.4) is 0 Å². The SMILES string of the molecule is Cc1ccc(Cl)cc1N1CCC(CNC(=O)c2cc3c([nH]c2=O)CC(C)(C)CC3=O)C1. The highest BCUT2D eigenvalue weighted by molar-refractivity contribution is 6.30. The number of benzene rings is 1. The van der Waals surface area contributed by atoms with Crippen LogP contribution in [0.25, 0.3) is 0 Å². The van der Waals surface area contributed by atoms with Gasteiger partial charge in [0, 0.05) is 48.0 Å². The lowest BCUT2D eigenvalue weighted by atomic mass is 9.75. The number of carbonyl (C=O) groups excluding carboxylic acids is 2. The van der Waals surface area contributed by atoms with Crippen LogP contribution in [0, 0.1) is 18.3 Å². The first-order valence-electron chi connectivity index (χ1n) is 10.7. The molecule has 2 N–H and O–H groups in total. The van der Waals surface area contributed by atoms with Crippen molar-refractivity contribution in [1.82, 2.24) is 10.3 Å². The van der Waals surface area contributed by atoms with Crippen LogP contribution < -0.4 is 15.8 Å². The third-order valence-corrected chi connectivity index (χ3v) is 6.55. The molecule has 0 spiro atoms. The van der Waals surface area contributed by atoms with Crippen LogP contribution in [0.1, 0.15) is 58.7 Å². The van der Waals surface area contributed by atoms with E-state index in [9.17, 15) is 14.4 Å². The smallest absolute Gasteiger partial charge is 0.261 e. The van der Waals surface area contributed by atoms with Crippen LogP contribution >= 0.6 is 11.6 Å². The fraction of sp³-hybridized carbons (Fsp3) is 0.458. The molecule has 4 rings (SSSR count). The van der Waals surface area contributed by atoms with Crippen LogP contribution in [0.15, 0.2) is 29.1 Å². The van der Waals surface area contributed by atoms with Crippen molar-refractivity contribution in [1.29, 1.82) is 0 Å². The maximum absolute atomic E-state index is 12.7. The number of Topliss-reactive ketones (excluding diaryl/α,β-unsaturated/α-hetero) is 1. The molecule has 1 aliphatic carbocycles. The highest BCUT2D eigenvalue weighted by atomic mass is 35.5. The number of halogens is 1. The Balaban J connectivity index is 1.42. The van der Waals surface area contributed by atoms with Crippen molar-refractivity contribution < 1.29 is 9.59 Å². The molecule has 1 fully saturated rings. The molecule has 2 heterocycles. The van der Waals surface area contributed by atoms with Gasteiger partial charge in [-0.05, 0) is 54.9 Å². The number of H-pyrrole nitrogens is 1. The van der Waals surface area contributed by atoms with Gasteiger partial charge in [-0.15, -0.1) is 0 Å². The Morgan fingerprint density at radius 2 is 2.03 bits per heavy atom. The predicted octanol–water partition coefficient (Wildman–Crippen LogP) is 3.75. The molecule has 2 aliphatic rings. The van der Waals surface area contributed by atoms with Gasteiger partial charge in [-0.25, -0.2) is 0 Å². The van der Waals surface area contributed by atoms with Crippen molar-refractivity contribution in [2.75, 3.05) is 24.5 Å². The maximum Gasteiger partial charge on any atom is 0.261 e. The number of aromatic amines is 1. The van der Waals surface area contributed by atoms with Crippen LogP contribution in [-0.2, 0) is 6.42 Å². The lowest BCUT2D eigenvalue weighted by Gasteiger charge is -2.29. The van der Waals surface area contributed by atoms with E-state index in [0.717, 1.165) is 25.2 Å². The van der Waals surface area contributed by atoms with E-state index >= 15 is 0 Å². The Labute approximate surface area is 187 Å². The summed E-state index contributed by atoms with van der Waals surface area (Å²) in [5.41, 5.74) is 2.76. The number of amides is 1. The minimum atomic E-state index is -0.440. The molecule has 1 aromatic heterocycles. The first-order chi connectivity index (χ1) is 14.6. The number of hydrogen-bond donors (Lipinski definition) is 2. The van der Waals surface area contributed by atoms with Crippen LogP contribution in [0.4, 0.5) is 5.69 Å². The van der Waals surface area contributed by atoms with Gasteiger partial charge in [-0.2, -0.15) is 0 Å². The van der Waals surface area contributed by atoms with Crippen molar-refractivity contribution in [3.63, 3.8) is 0 Å². The summed E-state index contributed by atoms with van der Waals surface area (Å²) in [5, 5.41) is 3.60. The third kappa shape index (κ3) is 4.54. The highest BCUT2D eigenvalue weighted by Crippen LogP contribution is 2.33. The molecule has 7 heteroatoms. The number of aromatic nitrogens is 1. The molecule has 1 saturated heterocycles. The zero-order valence-electron chi connectivity index (χ0n) is 18.2. The summed E-state index contributed by atoms with van der Waals surface area (Å²) in [5.74, 6) is -0.180. The number of nitrogens with zero attached hydrogens (tertiary/aromatic N) is 1. The number of aryl methyl sites for hydroxylation is 1. The van der Waals surface area contributed by atoms with E-state index in [2.05, 4.69) is 22.1 Å². The van der Waals surface area contributed by atoms with Crippen LogP contribution in [0.2, 0.25) is 5.02 Å². The van der Waals surface area contributed by atoms with Gasteiger partial charge in [0.25, 0.3) is 11.5 Å².